The van der Waals surface area contributed by atoms with Gasteiger partial charge in [0.25, 0.3) is 0 Å². The molecule has 4 aromatic rings. The fourth-order valence-electron chi connectivity index (χ4n) is 4.61. The number of ether oxygens (including phenoxy) is 1. The number of anilines is 1. The lowest BCUT2D eigenvalue weighted by atomic mass is 10.1. The summed E-state index contributed by atoms with van der Waals surface area (Å²) in [5.74, 6) is 1.05. The van der Waals surface area contributed by atoms with Gasteiger partial charge in [-0.3, -0.25) is 9.69 Å². The molecular weight excluding hydrogens is 498 g/mol. The third kappa shape index (κ3) is 5.72. The van der Waals surface area contributed by atoms with Crippen LogP contribution in [-0.4, -0.2) is 40.0 Å². The molecule has 0 aliphatic carbocycles. The number of aromatic nitrogens is 2. The number of halogens is 1. The van der Waals surface area contributed by atoms with Gasteiger partial charge in [0.1, 0.15) is 17.6 Å². The molecule has 5 rings (SSSR count). The lowest BCUT2D eigenvalue weighted by Crippen LogP contribution is -2.50. The van der Waals surface area contributed by atoms with Gasteiger partial charge in [-0.15, -0.1) is 0 Å². The van der Waals surface area contributed by atoms with Crippen molar-refractivity contribution in [2.45, 2.75) is 26.4 Å². The molecule has 0 saturated carbocycles. The number of imidazole rings is 1. The van der Waals surface area contributed by atoms with Crippen LogP contribution >= 0.6 is 11.6 Å². The number of piperazine rings is 1. The lowest BCUT2D eigenvalue weighted by Gasteiger charge is -2.34. The third-order valence-corrected chi connectivity index (χ3v) is 7.00. The molecular formula is C30H28ClN5O2. The van der Waals surface area contributed by atoms with Crippen molar-refractivity contribution in [3.05, 3.63) is 107 Å². The molecule has 2 heterocycles. The van der Waals surface area contributed by atoms with E-state index in [4.69, 9.17) is 16.3 Å². The first-order valence-electron chi connectivity index (χ1n) is 12.6. The molecule has 7 nitrogen and oxygen atoms in total. The first kappa shape index (κ1) is 25.5. The van der Waals surface area contributed by atoms with Crippen molar-refractivity contribution < 1.29 is 9.53 Å². The Morgan fingerprint density at radius 3 is 2.66 bits per heavy atom. The van der Waals surface area contributed by atoms with Crippen molar-refractivity contribution in [1.82, 2.24) is 14.5 Å². The van der Waals surface area contributed by atoms with Crippen LogP contribution in [0.1, 0.15) is 29.3 Å². The van der Waals surface area contributed by atoms with E-state index in [0.717, 1.165) is 29.9 Å². The van der Waals surface area contributed by atoms with E-state index >= 15 is 0 Å². The summed E-state index contributed by atoms with van der Waals surface area (Å²) in [4.78, 5) is 21.4. The Kier molecular flexibility index (Phi) is 7.73. The zero-order chi connectivity index (χ0) is 26.5. The number of amides is 1. The first-order valence-corrected chi connectivity index (χ1v) is 13.0. The molecule has 1 aliphatic heterocycles. The van der Waals surface area contributed by atoms with Crippen molar-refractivity contribution in [1.29, 1.82) is 5.26 Å². The average molecular weight is 526 g/mol. The van der Waals surface area contributed by atoms with Gasteiger partial charge in [-0.2, -0.15) is 5.26 Å². The second-order valence-electron chi connectivity index (χ2n) is 9.27. The van der Waals surface area contributed by atoms with Gasteiger partial charge in [0.05, 0.1) is 29.2 Å². The fourth-order valence-corrected chi connectivity index (χ4v) is 4.78. The van der Waals surface area contributed by atoms with Crippen LogP contribution in [0.2, 0.25) is 5.02 Å². The van der Waals surface area contributed by atoms with Crippen LogP contribution in [0.3, 0.4) is 0 Å². The number of carbonyl (C=O) groups excluding carboxylic acids is 1. The highest BCUT2D eigenvalue weighted by atomic mass is 35.5. The van der Waals surface area contributed by atoms with Gasteiger partial charge in [-0.25, -0.2) is 4.98 Å². The summed E-state index contributed by atoms with van der Waals surface area (Å²) in [5.41, 5.74) is 4.60. The minimum Gasteiger partial charge on any atom is -0.454 e. The number of hydrogen-bond acceptors (Lipinski definition) is 5. The molecule has 1 amide bonds. The molecule has 192 valence electrons. The number of nitrogens with zero attached hydrogens (tertiary/aromatic N) is 5. The molecule has 0 bridgehead atoms. The van der Waals surface area contributed by atoms with E-state index in [0.29, 0.717) is 48.3 Å². The SMILES string of the molecule is CCc1cccc(N2CCN(Cc3cncn3Cc3ccc(C#N)c(Oc4ccccc4Cl)c3)CC2=O)c1. The number of para-hydroxylation sites is 1. The number of rotatable bonds is 8. The molecule has 1 aromatic heterocycles. The van der Waals surface area contributed by atoms with Crippen molar-refractivity contribution >= 4 is 23.2 Å². The topological polar surface area (TPSA) is 74.4 Å². The molecule has 38 heavy (non-hydrogen) atoms. The number of carbonyl (C=O) groups is 1. The Hall–Kier alpha value is -4.12. The van der Waals surface area contributed by atoms with Crippen molar-refractivity contribution in [3.63, 3.8) is 0 Å². The smallest absolute Gasteiger partial charge is 0.241 e. The van der Waals surface area contributed by atoms with Gasteiger partial charge in [-0.1, -0.05) is 48.9 Å². The zero-order valence-corrected chi connectivity index (χ0v) is 21.9. The summed E-state index contributed by atoms with van der Waals surface area (Å²) in [6.45, 7) is 5.07. The van der Waals surface area contributed by atoms with Gasteiger partial charge in [0.2, 0.25) is 5.91 Å². The van der Waals surface area contributed by atoms with E-state index in [1.807, 2.05) is 47.5 Å². The first-order chi connectivity index (χ1) is 18.5. The lowest BCUT2D eigenvalue weighted by molar-refractivity contribution is -0.121. The molecule has 1 aliphatic rings. The summed E-state index contributed by atoms with van der Waals surface area (Å²) < 4.78 is 8.04. The van der Waals surface area contributed by atoms with Gasteiger partial charge < -0.3 is 14.2 Å². The Balaban J connectivity index is 1.27. The predicted octanol–water partition coefficient (Wildman–Crippen LogP) is 5.66. The highest BCUT2D eigenvalue weighted by Gasteiger charge is 2.26. The fraction of sp³-hybridized carbons (Fsp3) is 0.233. The standard InChI is InChI=1S/C30H28ClN5O2/c1-2-22-6-5-7-25(14-22)36-13-12-34(20-30(36)37)19-26-17-33-21-35(26)18-23-10-11-24(16-32)29(15-23)38-28-9-4-3-8-27(28)31/h3-11,14-15,17,21H,2,12-13,18-20H2,1H3. The maximum absolute atomic E-state index is 13.0. The van der Waals surface area contributed by atoms with Crippen LogP contribution in [0, 0.1) is 11.3 Å². The van der Waals surface area contributed by atoms with E-state index in [1.54, 1.807) is 24.5 Å². The number of hydrogen-bond donors (Lipinski definition) is 0. The molecule has 0 atom stereocenters. The predicted molar refractivity (Wildman–Crippen MR) is 147 cm³/mol. The summed E-state index contributed by atoms with van der Waals surface area (Å²) in [5, 5.41) is 10.0. The van der Waals surface area contributed by atoms with E-state index in [9.17, 15) is 10.1 Å². The van der Waals surface area contributed by atoms with Gasteiger partial charge in [0.15, 0.2) is 0 Å². The summed E-state index contributed by atoms with van der Waals surface area (Å²) in [6.07, 6.45) is 4.57. The van der Waals surface area contributed by atoms with E-state index in [1.165, 1.54) is 5.56 Å². The molecule has 8 heteroatoms. The molecule has 1 saturated heterocycles. The maximum Gasteiger partial charge on any atom is 0.241 e. The Morgan fingerprint density at radius 2 is 1.87 bits per heavy atom. The van der Waals surface area contributed by atoms with Gasteiger partial charge in [-0.05, 0) is 53.9 Å². The quantitative estimate of drug-likeness (QED) is 0.297. The Labute approximate surface area is 227 Å². The maximum atomic E-state index is 13.0. The summed E-state index contributed by atoms with van der Waals surface area (Å²) in [7, 11) is 0. The zero-order valence-electron chi connectivity index (χ0n) is 21.2. The minimum atomic E-state index is 0.101. The van der Waals surface area contributed by atoms with E-state index < -0.39 is 0 Å². The second kappa shape index (κ2) is 11.5. The summed E-state index contributed by atoms with van der Waals surface area (Å²) in [6, 6.07) is 23.1. The number of aryl methyl sites for hydroxylation is 1. The Morgan fingerprint density at radius 1 is 1.00 bits per heavy atom. The highest BCUT2D eigenvalue weighted by Crippen LogP contribution is 2.31. The summed E-state index contributed by atoms with van der Waals surface area (Å²) >= 11 is 6.25. The van der Waals surface area contributed by atoms with Crippen molar-refractivity contribution in [2.24, 2.45) is 0 Å². The monoisotopic (exact) mass is 525 g/mol. The third-order valence-electron chi connectivity index (χ3n) is 6.69. The van der Waals surface area contributed by atoms with Crippen LogP contribution < -0.4 is 9.64 Å². The molecule has 0 unspecified atom stereocenters. The highest BCUT2D eigenvalue weighted by molar-refractivity contribution is 6.32. The van der Waals surface area contributed by atoms with Crippen LogP contribution in [0.25, 0.3) is 0 Å². The van der Waals surface area contributed by atoms with Crippen LogP contribution in [0.4, 0.5) is 5.69 Å². The second-order valence-corrected chi connectivity index (χ2v) is 9.67. The van der Waals surface area contributed by atoms with Crippen LogP contribution in [-0.2, 0) is 24.3 Å². The van der Waals surface area contributed by atoms with Gasteiger partial charge in [0, 0.05) is 38.1 Å². The van der Waals surface area contributed by atoms with E-state index in [2.05, 4.69) is 39.6 Å². The largest absolute Gasteiger partial charge is 0.454 e. The normalized spacial score (nSPS) is 13.9. The molecule has 0 spiro atoms. The average Bonchev–Trinajstić information content (AvgIpc) is 3.36. The molecule has 3 aromatic carbocycles. The van der Waals surface area contributed by atoms with Crippen LogP contribution in [0.5, 0.6) is 11.5 Å². The van der Waals surface area contributed by atoms with Crippen molar-refractivity contribution in [2.75, 3.05) is 24.5 Å². The van der Waals surface area contributed by atoms with E-state index in [-0.39, 0.29) is 5.91 Å². The van der Waals surface area contributed by atoms with Crippen LogP contribution in [0.15, 0.2) is 79.3 Å². The molecule has 0 N–H and O–H groups in total. The molecule has 0 radical (unpaired) electrons. The van der Waals surface area contributed by atoms with Crippen molar-refractivity contribution in [3.8, 4) is 17.6 Å². The minimum absolute atomic E-state index is 0.101. The number of nitriles is 1. The number of benzene rings is 3. The molecule has 1 fully saturated rings. The Bertz CT molecular complexity index is 1490. The van der Waals surface area contributed by atoms with Gasteiger partial charge >= 0.3 is 0 Å².